The second-order valence-electron chi connectivity index (χ2n) is 8.61. The number of amides is 2. The van der Waals surface area contributed by atoms with Crippen LogP contribution in [0.2, 0.25) is 0 Å². The summed E-state index contributed by atoms with van der Waals surface area (Å²) in [5.41, 5.74) is 1.08. The van der Waals surface area contributed by atoms with Crippen LogP contribution in [0.25, 0.3) is 0 Å². The normalized spacial score (nSPS) is 11.9. The van der Waals surface area contributed by atoms with Gasteiger partial charge in [0, 0.05) is 22.0 Å². The molecule has 0 saturated carbocycles. The van der Waals surface area contributed by atoms with Gasteiger partial charge in [0.1, 0.15) is 18.3 Å². The average Bonchev–Trinajstić information content (AvgIpc) is 2.91. The van der Waals surface area contributed by atoms with Gasteiger partial charge in [0.25, 0.3) is 10.0 Å². The zero-order valence-electron chi connectivity index (χ0n) is 21.9. The zero-order valence-corrected chi connectivity index (χ0v) is 25.9. The number of sulfonamides is 1. The van der Waals surface area contributed by atoms with E-state index in [2.05, 4.69) is 37.2 Å². The number of halogens is 2. The van der Waals surface area contributed by atoms with Crippen LogP contribution in [-0.4, -0.2) is 50.9 Å². The van der Waals surface area contributed by atoms with Crippen molar-refractivity contribution in [3.05, 3.63) is 87.3 Å². The van der Waals surface area contributed by atoms with E-state index >= 15 is 0 Å². The molecule has 0 unspecified atom stereocenters. The molecule has 3 aromatic carbocycles. The van der Waals surface area contributed by atoms with E-state index in [1.165, 1.54) is 17.0 Å². The maximum atomic E-state index is 13.9. The summed E-state index contributed by atoms with van der Waals surface area (Å²) in [6, 6.07) is 19.3. The minimum absolute atomic E-state index is 0.0303. The van der Waals surface area contributed by atoms with E-state index in [1.807, 2.05) is 31.2 Å². The molecule has 11 heteroatoms. The molecule has 0 aromatic heterocycles. The lowest BCUT2D eigenvalue weighted by Crippen LogP contribution is -2.51. The fourth-order valence-corrected chi connectivity index (χ4v) is 6.00. The zero-order chi connectivity index (χ0) is 28.6. The highest BCUT2D eigenvalue weighted by Crippen LogP contribution is 2.27. The number of nitrogens with zero attached hydrogens (tertiary/aromatic N) is 2. The largest absolute Gasteiger partial charge is 0.494 e. The molecule has 0 aliphatic rings. The fraction of sp³-hybridized carbons (Fsp3) is 0.286. The molecular formula is C28H31Br2N3O5S. The smallest absolute Gasteiger partial charge is 0.264 e. The second-order valence-corrected chi connectivity index (χ2v) is 12.3. The number of hydrogen-bond donors (Lipinski definition) is 1. The number of carbonyl (C=O) groups is 2. The summed E-state index contributed by atoms with van der Waals surface area (Å²) in [5, 5.41) is 2.75. The minimum atomic E-state index is -4.14. The van der Waals surface area contributed by atoms with E-state index in [4.69, 9.17) is 4.74 Å². The van der Waals surface area contributed by atoms with Gasteiger partial charge in [-0.15, -0.1) is 0 Å². The van der Waals surface area contributed by atoms with Crippen molar-refractivity contribution in [2.75, 3.05) is 24.0 Å². The third-order valence-corrected chi connectivity index (χ3v) is 8.69. The molecule has 3 aromatic rings. The maximum Gasteiger partial charge on any atom is 0.264 e. The van der Waals surface area contributed by atoms with Gasteiger partial charge in [0.15, 0.2) is 0 Å². The summed E-state index contributed by atoms with van der Waals surface area (Å²) in [6.45, 7) is 5.75. The molecule has 0 spiro atoms. The van der Waals surface area contributed by atoms with Crippen molar-refractivity contribution in [1.29, 1.82) is 0 Å². The van der Waals surface area contributed by atoms with Crippen molar-refractivity contribution in [2.45, 2.75) is 38.3 Å². The molecular weight excluding hydrogens is 650 g/mol. The van der Waals surface area contributed by atoms with Crippen molar-refractivity contribution in [2.24, 2.45) is 0 Å². The third kappa shape index (κ3) is 8.06. The summed E-state index contributed by atoms with van der Waals surface area (Å²) < 4.78 is 35.8. The van der Waals surface area contributed by atoms with Crippen LogP contribution in [-0.2, 0) is 26.2 Å². The number of benzene rings is 3. The predicted molar refractivity (Wildman–Crippen MR) is 159 cm³/mol. The Hall–Kier alpha value is -2.89. The summed E-state index contributed by atoms with van der Waals surface area (Å²) in [6.07, 6.45) is 0. The Kier molecular flexibility index (Phi) is 11.0. The fourth-order valence-electron chi connectivity index (χ4n) is 3.87. The van der Waals surface area contributed by atoms with Gasteiger partial charge in [0.2, 0.25) is 11.8 Å². The van der Waals surface area contributed by atoms with Crippen LogP contribution < -0.4 is 14.4 Å². The highest BCUT2D eigenvalue weighted by molar-refractivity contribution is 9.10. The maximum absolute atomic E-state index is 13.9. The molecule has 39 heavy (non-hydrogen) atoms. The van der Waals surface area contributed by atoms with E-state index in [0.717, 1.165) is 18.8 Å². The number of ether oxygens (including phenoxy) is 1. The monoisotopic (exact) mass is 679 g/mol. The van der Waals surface area contributed by atoms with Crippen molar-refractivity contribution < 1.29 is 22.7 Å². The van der Waals surface area contributed by atoms with Crippen LogP contribution in [0.15, 0.2) is 86.6 Å². The standard InChI is InChI=1S/C28H31Br2N3O5S/c1-4-31-28(35)20(3)32(18-21-7-6-8-23(30)17-21)27(34)19-33(24-11-13-25(14-12-24)38-5-2)39(36,37)26-15-9-22(29)10-16-26/h6-17,20H,4-5,18-19H2,1-3H3,(H,31,35)/t20-/m0/s1. The summed E-state index contributed by atoms with van der Waals surface area (Å²) in [4.78, 5) is 28.1. The van der Waals surface area contributed by atoms with Crippen LogP contribution >= 0.6 is 31.9 Å². The number of anilines is 1. The van der Waals surface area contributed by atoms with Crippen molar-refractivity contribution in [3.63, 3.8) is 0 Å². The molecule has 0 saturated heterocycles. The first-order chi connectivity index (χ1) is 18.6. The lowest BCUT2D eigenvalue weighted by Gasteiger charge is -2.32. The van der Waals surface area contributed by atoms with Gasteiger partial charge in [-0.2, -0.15) is 0 Å². The highest BCUT2D eigenvalue weighted by Gasteiger charge is 2.32. The quantitative estimate of drug-likeness (QED) is 0.278. The Morgan fingerprint density at radius 1 is 0.949 bits per heavy atom. The summed E-state index contributed by atoms with van der Waals surface area (Å²) in [7, 11) is -4.14. The van der Waals surface area contributed by atoms with Crippen LogP contribution in [0.5, 0.6) is 5.75 Å². The molecule has 1 atom stereocenters. The van der Waals surface area contributed by atoms with Crippen LogP contribution in [0, 0.1) is 0 Å². The first-order valence-electron chi connectivity index (χ1n) is 12.4. The number of hydrogen-bond acceptors (Lipinski definition) is 5. The Bertz CT molecular complexity index is 1380. The molecule has 0 bridgehead atoms. The molecule has 8 nitrogen and oxygen atoms in total. The average molecular weight is 681 g/mol. The molecule has 0 aliphatic heterocycles. The predicted octanol–water partition coefficient (Wildman–Crippen LogP) is 5.36. The molecule has 208 valence electrons. The van der Waals surface area contributed by atoms with E-state index in [1.54, 1.807) is 50.2 Å². The molecule has 0 aliphatic carbocycles. The van der Waals surface area contributed by atoms with Gasteiger partial charge in [-0.1, -0.05) is 44.0 Å². The topological polar surface area (TPSA) is 96.0 Å². The van der Waals surface area contributed by atoms with Crippen molar-refractivity contribution in [3.8, 4) is 5.75 Å². The molecule has 0 heterocycles. The molecule has 0 radical (unpaired) electrons. The number of nitrogens with one attached hydrogen (secondary N) is 1. The first-order valence-corrected chi connectivity index (χ1v) is 15.4. The number of likely N-dealkylation sites (N-methyl/N-ethyl adjacent to an activating group) is 1. The van der Waals surface area contributed by atoms with E-state index < -0.39 is 28.5 Å². The van der Waals surface area contributed by atoms with Gasteiger partial charge < -0.3 is 15.0 Å². The second kappa shape index (κ2) is 14.0. The van der Waals surface area contributed by atoms with E-state index in [9.17, 15) is 18.0 Å². The third-order valence-electron chi connectivity index (χ3n) is 5.88. The SMILES string of the molecule is CCNC(=O)[C@H](C)N(Cc1cccc(Br)c1)C(=O)CN(c1ccc(OCC)cc1)S(=O)(=O)c1ccc(Br)cc1. The lowest BCUT2D eigenvalue weighted by atomic mass is 10.1. The van der Waals surface area contributed by atoms with Crippen LogP contribution in [0.3, 0.4) is 0 Å². The van der Waals surface area contributed by atoms with Crippen LogP contribution in [0.1, 0.15) is 26.3 Å². The number of rotatable bonds is 12. The molecule has 1 N–H and O–H groups in total. The Morgan fingerprint density at radius 3 is 2.21 bits per heavy atom. The van der Waals surface area contributed by atoms with Crippen molar-refractivity contribution >= 4 is 59.4 Å². The minimum Gasteiger partial charge on any atom is -0.494 e. The van der Waals surface area contributed by atoms with Crippen molar-refractivity contribution in [1.82, 2.24) is 10.2 Å². The molecule has 0 fully saturated rings. The Morgan fingerprint density at radius 2 is 1.62 bits per heavy atom. The lowest BCUT2D eigenvalue weighted by molar-refractivity contribution is -0.139. The van der Waals surface area contributed by atoms with Gasteiger partial charge in [-0.05, 0) is 87.0 Å². The van der Waals surface area contributed by atoms with E-state index in [0.29, 0.717) is 24.6 Å². The highest BCUT2D eigenvalue weighted by atomic mass is 79.9. The Labute approximate surface area is 246 Å². The Balaban J connectivity index is 2.03. The van der Waals surface area contributed by atoms with Gasteiger partial charge in [0.05, 0.1) is 17.2 Å². The molecule has 2 amide bonds. The number of carbonyl (C=O) groups excluding carboxylic acids is 2. The first kappa shape index (κ1) is 30.6. The van der Waals surface area contributed by atoms with Gasteiger partial charge in [-0.3, -0.25) is 13.9 Å². The molecule has 3 rings (SSSR count). The van der Waals surface area contributed by atoms with Gasteiger partial charge >= 0.3 is 0 Å². The van der Waals surface area contributed by atoms with E-state index in [-0.39, 0.29) is 17.3 Å². The van der Waals surface area contributed by atoms with Crippen LogP contribution in [0.4, 0.5) is 5.69 Å². The van der Waals surface area contributed by atoms with Gasteiger partial charge in [-0.25, -0.2) is 8.42 Å². The summed E-state index contributed by atoms with van der Waals surface area (Å²) >= 11 is 6.77. The summed E-state index contributed by atoms with van der Waals surface area (Å²) in [5.74, 6) is -0.276.